The Hall–Kier alpha value is -1.51. The molecule has 0 saturated heterocycles. The molecule has 0 spiro atoms. The molecule has 0 unspecified atom stereocenters. The van der Waals surface area contributed by atoms with Gasteiger partial charge in [0.2, 0.25) is 0 Å². The van der Waals surface area contributed by atoms with Crippen molar-refractivity contribution in [3.8, 4) is 11.5 Å². The minimum absolute atomic E-state index is 0.0947. The van der Waals surface area contributed by atoms with Crippen LogP contribution in [0.5, 0.6) is 11.5 Å². The number of ketones is 1. The minimum atomic E-state index is -0.0947. The first kappa shape index (κ1) is 11.6. The van der Waals surface area contributed by atoms with Gasteiger partial charge in [-0.3, -0.25) is 4.79 Å². The molecule has 0 aliphatic carbocycles. The number of phenolic OH excluding ortho intramolecular Hbond substituents is 1. The van der Waals surface area contributed by atoms with Gasteiger partial charge in [-0.25, -0.2) is 0 Å². The average Bonchev–Trinajstić information content (AvgIpc) is 2.19. The maximum absolute atomic E-state index is 11.5. The summed E-state index contributed by atoms with van der Waals surface area (Å²) in [5.41, 5.74) is 2.63. The molecule has 0 saturated carbocycles. The van der Waals surface area contributed by atoms with E-state index in [0.29, 0.717) is 16.9 Å². The molecule has 0 atom stereocenters. The summed E-state index contributed by atoms with van der Waals surface area (Å²) in [7, 11) is 1.53. The highest BCUT2D eigenvalue weighted by Gasteiger charge is 2.20. The smallest absolute Gasteiger partial charge is 0.163 e. The second-order valence-corrected chi connectivity index (χ2v) is 3.69. The Kier molecular flexibility index (Phi) is 3.03. The van der Waals surface area contributed by atoms with Crippen LogP contribution in [-0.4, -0.2) is 18.0 Å². The van der Waals surface area contributed by atoms with E-state index >= 15 is 0 Å². The van der Waals surface area contributed by atoms with Gasteiger partial charge in [0.25, 0.3) is 0 Å². The number of phenols is 1. The first-order chi connectivity index (χ1) is 6.91. The van der Waals surface area contributed by atoms with E-state index < -0.39 is 0 Å². The van der Waals surface area contributed by atoms with Crippen LogP contribution in [0.3, 0.4) is 0 Å². The molecule has 0 bridgehead atoms. The lowest BCUT2D eigenvalue weighted by Crippen LogP contribution is -2.04. The number of methoxy groups -OCH3 is 1. The molecule has 1 rings (SSSR count). The number of aromatic hydroxyl groups is 1. The van der Waals surface area contributed by atoms with Crippen molar-refractivity contribution in [2.75, 3.05) is 7.11 Å². The highest BCUT2D eigenvalue weighted by Crippen LogP contribution is 2.36. The maximum atomic E-state index is 11.5. The van der Waals surface area contributed by atoms with Crippen molar-refractivity contribution in [3.63, 3.8) is 0 Å². The average molecular weight is 208 g/mol. The van der Waals surface area contributed by atoms with Crippen molar-refractivity contribution < 1.29 is 14.6 Å². The molecule has 1 aromatic carbocycles. The van der Waals surface area contributed by atoms with E-state index in [4.69, 9.17) is 4.74 Å². The molecular formula is C12H16O3. The van der Waals surface area contributed by atoms with Crippen LogP contribution in [0.2, 0.25) is 0 Å². The summed E-state index contributed by atoms with van der Waals surface area (Å²) in [6, 6.07) is 0. The largest absolute Gasteiger partial charge is 0.507 e. The Morgan fingerprint density at radius 3 is 2.07 bits per heavy atom. The number of hydrogen-bond donors (Lipinski definition) is 1. The van der Waals surface area contributed by atoms with Gasteiger partial charge < -0.3 is 9.84 Å². The number of ether oxygens (including phenoxy) is 1. The molecular weight excluding hydrogens is 192 g/mol. The molecule has 3 nitrogen and oxygen atoms in total. The first-order valence-corrected chi connectivity index (χ1v) is 4.79. The monoisotopic (exact) mass is 208 g/mol. The Labute approximate surface area is 89.7 Å². The second kappa shape index (κ2) is 3.93. The van der Waals surface area contributed by atoms with E-state index in [1.807, 2.05) is 13.8 Å². The second-order valence-electron chi connectivity index (χ2n) is 3.69. The number of hydrogen-bond acceptors (Lipinski definition) is 3. The van der Waals surface area contributed by atoms with Gasteiger partial charge in [-0.2, -0.15) is 0 Å². The van der Waals surface area contributed by atoms with E-state index in [1.165, 1.54) is 14.0 Å². The number of benzene rings is 1. The summed E-state index contributed by atoms with van der Waals surface area (Å²) < 4.78 is 5.22. The van der Waals surface area contributed by atoms with Crippen LogP contribution in [0, 0.1) is 20.8 Å². The van der Waals surface area contributed by atoms with Gasteiger partial charge in [-0.15, -0.1) is 0 Å². The topological polar surface area (TPSA) is 46.5 Å². The zero-order chi connectivity index (χ0) is 11.7. The van der Waals surface area contributed by atoms with E-state index in [0.717, 1.165) is 11.1 Å². The molecule has 1 N–H and O–H groups in total. The number of rotatable bonds is 2. The third-order valence-corrected chi connectivity index (χ3v) is 2.77. The summed E-state index contributed by atoms with van der Waals surface area (Å²) in [4.78, 5) is 11.5. The van der Waals surface area contributed by atoms with Gasteiger partial charge in [0.15, 0.2) is 5.78 Å². The first-order valence-electron chi connectivity index (χ1n) is 4.79. The summed E-state index contributed by atoms with van der Waals surface area (Å²) in [5.74, 6) is 0.650. The van der Waals surface area contributed by atoms with Gasteiger partial charge in [-0.1, -0.05) is 0 Å². The molecule has 0 aliphatic heterocycles. The molecule has 0 aromatic heterocycles. The normalized spacial score (nSPS) is 10.2. The predicted octanol–water partition coefficient (Wildman–Crippen LogP) is 2.53. The van der Waals surface area contributed by atoms with Crippen molar-refractivity contribution in [2.24, 2.45) is 0 Å². The molecule has 0 amide bonds. The summed E-state index contributed by atoms with van der Waals surface area (Å²) in [5, 5.41) is 9.83. The Bertz CT molecular complexity index is 420. The summed E-state index contributed by atoms with van der Waals surface area (Å²) >= 11 is 0. The molecule has 0 radical (unpaired) electrons. The maximum Gasteiger partial charge on any atom is 0.163 e. The van der Waals surface area contributed by atoms with E-state index in [-0.39, 0.29) is 11.5 Å². The standard InChI is InChI=1S/C12H16O3/c1-6-7(2)12(15-5)10(9(4)13)8(3)11(6)14/h14H,1-5H3. The number of Topliss-reactive ketones (excluding diaryl/α,β-unsaturated/α-hetero) is 1. The zero-order valence-corrected chi connectivity index (χ0v) is 9.76. The molecule has 1 aromatic rings. The molecule has 0 fully saturated rings. The number of carbonyl (C=O) groups is 1. The highest BCUT2D eigenvalue weighted by atomic mass is 16.5. The van der Waals surface area contributed by atoms with Gasteiger partial charge in [0.1, 0.15) is 11.5 Å². The quantitative estimate of drug-likeness (QED) is 0.760. The lowest BCUT2D eigenvalue weighted by Gasteiger charge is -2.16. The molecule has 0 heterocycles. The lowest BCUT2D eigenvalue weighted by atomic mass is 9.95. The van der Waals surface area contributed by atoms with Gasteiger partial charge in [0, 0.05) is 5.56 Å². The van der Waals surface area contributed by atoms with Gasteiger partial charge >= 0.3 is 0 Å². The fourth-order valence-corrected chi connectivity index (χ4v) is 1.78. The molecule has 0 aliphatic rings. The van der Waals surface area contributed by atoms with Gasteiger partial charge in [-0.05, 0) is 38.8 Å². The predicted molar refractivity (Wildman–Crippen MR) is 58.9 cm³/mol. The van der Waals surface area contributed by atoms with Crippen LogP contribution in [0.25, 0.3) is 0 Å². The van der Waals surface area contributed by atoms with Crippen LogP contribution in [0.1, 0.15) is 34.0 Å². The van der Waals surface area contributed by atoms with Crippen LogP contribution in [0.15, 0.2) is 0 Å². The Morgan fingerprint density at radius 2 is 1.67 bits per heavy atom. The van der Waals surface area contributed by atoms with Gasteiger partial charge in [0.05, 0.1) is 12.7 Å². The summed E-state index contributed by atoms with van der Waals surface area (Å²) in [6.07, 6.45) is 0. The SMILES string of the molecule is COc1c(C)c(C)c(O)c(C)c1C(C)=O. The fourth-order valence-electron chi connectivity index (χ4n) is 1.78. The number of carbonyl (C=O) groups excluding carboxylic acids is 1. The minimum Gasteiger partial charge on any atom is -0.507 e. The fraction of sp³-hybridized carbons (Fsp3) is 0.417. The highest BCUT2D eigenvalue weighted by molar-refractivity contribution is 5.99. The van der Waals surface area contributed by atoms with Crippen LogP contribution in [-0.2, 0) is 0 Å². The van der Waals surface area contributed by atoms with Crippen molar-refractivity contribution >= 4 is 5.78 Å². The Balaban J connectivity index is 3.70. The van der Waals surface area contributed by atoms with Crippen LogP contribution in [0.4, 0.5) is 0 Å². The lowest BCUT2D eigenvalue weighted by molar-refractivity contribution is 0.101. The van der Waals surface area contributed by atoms with E-state index in [1.54, 1.807) is 6.92 Å². The third-order valence-electron chi connectivity index (χ3n) is 2.77. The zero-order valence-electron chi connectivity index (χ0n) is 9.76. The molecule has 82 valence electrons. The third kappa shape index (κ3) is 1.69. The van der Waals surface area contributed by atoms with Crippen molar-refractivity contribution in [3.05, 3.63) is 22.3 Å². The van der Waals surface area contributed by atoms with E-state index in [2.05, 4.69) is 0 Å². The van der Waals surface area contributed by atoms with Crippen molar-refractivity contribution in [2.45, 2.75) is 27.7 Å². The van der Waals surface area contributed by atoms with Crippen molar-refractivity contribution in [1.82, 2.24) is 0 Å². The van der Waals surface area contributed by atoms with Crippen LogP contribution >= 0.6 is 0 Å². The summed E-state index contributed by atoms with van der Waals surface area (Å²) in [6.45, 7) is 6.84. The van der Waals surface area contributed by atoms with Crippen molar-refractivity contribution in [1.29, 1.82) is 0 Å². The molecule has 3 heteroatoms. The Morgan fingerprint density at radius 1 is 1.13 bits per heavy atom. The molecule has 15 heavy (non-hydrogen) atoms. The van der Waals surface area contributed by atoms with E-state index in [9.17, 15) is 9.90 Å². The van der Waals surface area contributed by atoms with Crippen LogP contribution < -0.4 is 4.74 Å².